The molecule has 1 heterocycles. The standard InChI is InChI=1S/C17H27BrN2O/c1-17(2,3)19-11-14-4-5-16(15(18)10-14)20-8-6-13(12-20)7-9-21/h4-5,10,13,19,21H,6-9,11-12H2,1-3H3. The summed E-state index contributed by atoms with van der Waals surface area (Å²) >= 11 is 3.72. The fourth-order valence-electron chi connectivity index (χ4n) is 2.75. The molecule has 0 amide bonds. The van der Waals surface area contributed by atoms with Crippen LogP contribution in [0.5, 0.6) is 0 Å². The third-order valence-electron chi connectivity index (χ3n) is 4.00. The Morgan fingerprint density at radius 2 is 2.14 bits per heavy atom. The quantitative estimate of drug-likeness (QED) is 0.848. The molecular formula is C17H27BrN2O. The van der Waals surface area contributed by atoms with Crippen molar-refractivity contribution in [3.05, 3.63) is 28.2 Å². The van der Waals surface area contributed by atoms with Crippen molar-refractivity contribution >= 4 is 21.6 Å². The number of hydrogen-bond donors (Lipinski definition) is 2. The Labute approximate surface area is 136 Å². The zero-order valence-corrected chi connectivity index (χ0v) is 14.9. The minimum atomic E-state index is 0.137. The molecule has 4 heteroatoms. The van der Waals surface area contributed by atoms with Gasteiger partial charge in [-0.1, -0.05) is 6.07 Å². The highest BCUT2D eigenvalue weighted by atomic mass is 79.9. The monoisotopic (exact) mass is 354 g/mol. The van der Waals surface area contributed by atoms with E-state index in [9.17, 15) is 0 Å². The number of rotatable bonds is 5. The summed E-state index contributed by atoms with van der Waals surface area (Å²) < 4.78 is 1.17. The van der Waals surface area contributed by atoms with Crippen LogP contribution >= 0.6 is 15.9 Å². The van der Waals surface area contributed by atoms with E-state index in [-0.39, 0.29) is 5.54 Å². The lowest BCUT2D eigenvalue weighted by atomic mass is 10.1. The molecule has 2 N–H and O–H groups in total. The molecule has 2 rings (SSSR count). The van der Waals surface area contributed by atoms with Gasteiger partial charge in [0.2, 0.25) is 0 Å². The van der Waals surface area contributed by atoms with Gasteiger partial charge in [-0.3, -0.25) is 0 Å². The lowest BCUT2D eigenvalue weighted by Gasteiger charge is -2.23. The van der Waals surface area contributed by atoms with E-state index >= 15 is 0 Å². The minimum Gasteiger partial charge on any atom is -0.396 e. The van der Waals surface area contributed by atoms with Gasteiger partial charge in [0, 0.05) is 36.3 Å². The largest absolute Gasteiger partial charge is 0.396 e. The first-order chi connectivity index (χ1) is 9.89. The van der Waals surface area contributed by atoms with Gasteiger partial charge >= 0.3 is 0 Å². The van der Waals surface area contributed by atoms with Crippen molar-refractivity contribution in [3.8, 4) is 0 Å². The molecule has 3 nitrogen and oxygen atoms in total. The van der Waals surface area contributed by atoms with Crippen molar-refractivity contribution in [2.45, 2.75) is 45.7 Å². The first-order valence-corrected chi connectivity index (χ1v) is 8.57. The van der Waals surface area contributed by atoms with Gasteiger partial charge in [0.05, 0.1) is 5.69 Å². The average molecular weight is 355 g/mol. The maximum absolute atomic E-state index is 9.06. The highest BCUT2D eigenvalue weighted by molar-refractivity contribution is 9.10. The van der Waals surface area contributed by atoms with Crippen LogP contribution in [-0.4, -0.2) is 30.3 Å². The second kappa shape index (κ2) is 7.12. The number of benzene rings is 1. The number of anilines is 1. The molecule has 1 fully saturated rings. The molecule has 1 unspecified atom stereocenters. The van der Waals surface area contributed by atoms with Crippen molar-refractivity contribution in [3.63, 3.8) is 0 Å². The predicted octanol–water partition coefficient (Wildman–Crippen LogP) is 3.55. The maximum atomic E-state index is 9.06. The Morgan fingerprint density at radius 3 is 2.76 bits per heavy atom. The zero-order valence-electron chi connectivity index (χ0n) is 13.3. The van der Waals surface area contributed by atoms with E-state index in [0.29, 0.717) is 12.5 Å². The van der Waals surface area contributed by atoms with E-state index in [1.165, 1.54) is 22.1 Å². The second-order valence-corrected chi connectivity index (χ2v) is 7.86. The summed E-state index contributed by atoms with van der Waals surface area (Å²) in [5.41, 5.74) is 2.71. The normalized spacial score (nSPS) is 19.3. The lowest BCUT2D eigenvalue weighted by molar-refractivity contribution is 0.263. The van der Waals surface area contributed by atoms with E-state index in [2.05, 4.69) is 65.1 Å². The fourth-order valence-corrected chi connectivity index (χ4v) is 3.43. The van der Waals surface area contributed by atoms with Crippen molar-refractivity contribution in [1.29, 1.82) is 0 Å². The van der Waals surface area contributed by atoms with E-state index in [1.54, 1.807) is 0 Å². The van der Waals surface area contributed by atoms with Crippen LogP contribution in [-0.2, 0) is 6.54 Å². The molecule has 118 valence electrons. The molecule has 0 radical (unpaired) electrons. The van der Waals surface area contributed by atoms with E-state index in [1.807, 2.05) is 0 Å². The van der Waals surface area contributed by atoms with Crippen LogP contribution in [0.2, 0.25) is 0 Å². The summed E-state index contributed by atoms with van der Waals surface area (Å²) in [5.74, 6) is 0.629. The molecule has 1 aromatic carbocycles. The lowest BCUT2D eigenvalue weighted by Crippen LogP contribution is -2.35. The number of nitrogens with zero attached hydrogens (tertiary/aromatic N) is 1. The van der Waals surface area contributed by atoms with Gasteiger partial charge in [-0.25, -0.2) is 0 Å². The van der Waals surface area contributed by atoms with Crippen molar-refractivity contribution < 1.29 is 5.11 Å². The van der Waals surface area contributed by atoms with Gasteiger partial charge in [-0.05, 0) is 73.2 Å². The summed E-state index contributed by atoms with van der Waals surface area (Å²) in [7, 11) is 0. The molecule has 0 saturated carbocycles. The fraction of sp³-hybridized carbons (Fsp3) is 0.647. The van der Waals surface area contributed by atoms with Gasteiger partial charge in [0.25, 0.3) is 0 Å². The van der Waals surface area contributed by atoms with Crippen molar-refractivity contribution in [2.75, 3.05) is 24.6 Å². The molecule has 1 aliphatic rings. The SMILES string of the molecule is CC(C)(C)NCc1ccc(N2CCC(CCO)C2)c(Br)c1. The van der Waals surface area contributed by atoms with Gasteiger partial charge < -0.3 is 15.3 Å². The van der Waals surface area contributed by atoms with Gasteiger partial charge in [-0.15, -0.1) is 0 Å². The molecule has 0 bridgehead atoms. The minimum absolute atomic E-state index is 0.137. The summed E-state index contributed by atoms with van der Waals surface area (Å²) in [4.78, 5) is 2.42. The van der Waals surface area contributed by atoms with Crippen LogP contribution in [0.25, 0.3) is 0 Å². The molecule has 1 atom stereocenters. The highest BCUT2D eigenvalue weighted by Crippen LogP contribution is 2.32. The van der Waals surface area contributed by atoms with Crippen LogP contribution in [0, 0.1) is 5.92 Å². The summed E-state index contributed by atoms with van der Waals surface area (Å²) in [6.07, 6.45) is 2.10. The van der Waals surface area contributed by atoms with Crippen molar-refractivity contribution in [2.24, 2.45) is 5.92 Å². The smallest absolute Gasteiger partial charge is 0.0510 e. The number of aliphatic hydroxyl groups is 1. The number of hydrogen-bond acceptors (Lipinski definition) is 3. The number of aliphatic hydroxyl groups excluding tert-OH is 1. The van der Waals surface area contributed by atoms with Crippen LogP contribution in [0.3, 0.4) is 0 Å². The summed E-state index contributed by atoms with van der Waals surface area (Å²) in [5, 5.41) is 12.6. The number of halogens is 1. The molecule has 1 saturated heterocycles. The summed E-state index contributed by atoms with van der Waals surface area (Å²) in [6.45, 7) is 9.88. The van der Waals surface area contributed by atoms with Crippen LogP contribution in [0.15, 0.2) is 22.7 Å². The molecule has 1 aromatic rings. The Hall–Kier alpha value is -0.580. The first kappa shape index (κ1) is 16.8. The Balaban J connectivity index is 1.99. The Bertz CT molecular complexity index is 470. The first-order valence-electron chi connectivity index (χ1n) is 7.78. The van der Waals surface area contributed by atoms with Gasteiger partial charge in [-0.2, -0.15) is 0 Å². The number of nitrogens with one attached hydrogen (secondary N) is 1. The Morgan fingerprint density at radius 1 is 1.38 bits per heavy atom. The third kappa shape index (κ3) is 4.97. The molecule has 1 aliphatic heterocycles. The second-order valence-electron chi connectivity index (χ2n) is 7.00. The van der Waals surface area contributed by atoms with Gasteiger partial charge in [0.1, 0.15) is 0 Å². The third-order valence-corrected chi connectivity index (χ3v) is 4.63. The average Bonchev–Trinajstić information content (AvgIpc) is 2.84. The topological polar surface area (TPSA) is 35.5 Å². The molecule has 0 spiro atoms. The maximum Gasteiger partial charge on any atom is 0.0510 e. The van der Waals surface area contributed by atoms with E-state index in [4.69, 9.17) is 5.11 Å². The van der Waals surface area contributed by atoms with Crippen molar-refractivity contribution in [1.82, 2.24) is 5.32 Å². The summed E-state index contributed by atoms with van der Waals surface area (Å²) in [6, 6.07) is 6.64. The highest BCUT2D eigenvalue weighted by Gasteiger charge is 2.23. The molecule has 21 heavy (non-hydrogen) atoms. The van der Waals surface area contributed by atoms with Gasteiger partial charge in [0.15, 0.2) is 0 Å². The van der Waals surface area contributed by atoms with E-state index in [0.717, 1.165) is 26.1 Å². The van der Waals surface area contributed by atoms with Crippen LogP contribution < -0.4 is 10.2 Å². The molecule has 0 aliphatic carbocycles. The predicted molar refractivity (Wildman–Crippen MR) is 92.8 cm³/mol. The van der Waals surface area contributed by atoms with E-state index < -0.39 is 0 Å². The molecular weight excluding hydrogens is 328 g/mol. The zero-order chi connectivity index (χ0) is 15.5. The molecule has 0 aromatic heterocycles. The Kier molecular flexibility index (Phi) is 5.69. The van der Waals surface area contributed by atoms with Crippen LogP contribution in [0.1, 0.15) is 39.2 Å². The van der Waals surface area contributed by atoms with Crippen LogP contribution in [0.4, 0.5) is 5.69 Å².